The van der Waals surface area contributed by atoms with E-state index < -0.39 is 5.41 Å². The molecule has 136 valence electrons. The average molecular weight is 385 g/mol. The van der Waals surface area contributed by atoms with Crippen LogP contribution in [0.5, 0.6) is 0 Å². The fourth-order valence-electron chi connectivity index (χ4n) is 3.94. The highest BCUT2D eigenvalue weighted by Gasteiger charge is 2.49. The lowest BCUT2D eigenvalue weighted by Gasteiger charge is -2.31. The van der Waals surface area contributed by atoms with Gasteiger partial charge >= 0.3 is 0 Å². The molecular weight excluding hydrogens is 370 g/mol. The van der Waals surface area contributed by atoms with Crippen LogP contribution in [0.3, 0.4) is 0 Å². The number of benzene rings is 2. The van der Waals surface area contributed by atoms with Gasteiger partial charge in [-0.05, 0) is 42.2 Å². The summed E-state index contributed by atoms with van der Waals surface area (Å²) >= 11 is 1.26. The van der Waals surface area contributed by atoms with Crippen LogP contribution in [0.15, 0.2) is 48.0 Å². The van der Waals surface area contributed by atoms with E-state index in [0.29, 0.717) is 22.8 Å². The molecule has 3 aromatic rings. The topological polar surface area (TPSA) is 83.0 Å². The van der Waals surface area contributed by atoms with E-state index in [4.69, 9.17) is 6.57 Å². The molecule has 1 aromatic heterocycles. The highest BCUT2D eigenvalue weighted by atomic mass is 32.1. The molecule has 28 heavy (non-hydrogen) atoms. The van der Waals surface area contributed by atoms with Crippen molar-refractivity contribution in [3.05, 3.63) is 81.6 Å². The minimum absolute atomic E-state index is 0.155. The molecule has 1 heterocycles. The summed E-state index contributed by atoms with van der Waals surface area (Å²) in [4.78, 5) is 16.8. The van der Waals surface area contributed by atoms with Gasteiger partial charge in [-0.3, -0.25) is 4.79 Å². The van der Waals surface area contributed by atoms with E-state index in [-0.39, 0.29) is 11.8 Å². The van der Waals surface area contributed by atoms with Gasteiger partial charge in [0.15, 0.2) is 5.69 Å². The zero-order chi connectivity index (χ0) is 19.7. The van der Waals surface area contributed by atoms with Crippen molar-refractivity contribution in [3.8, 4) is 6.07 Å². The monoisotopic (exact) mass is 385 g/mol. The Morgan fingerprint density at radius 3 is 2.96 bits per heavy atom. The van der Waals surface area contributed by atoms with Crippen LogP contribution in [0.2, 0.25) is 0 Å². The molecule has 1 aliphatic carbocycles. The Morgan fingerprint density at radius 1 is 1.39 bits per heavy atom. The number of hydrogen-bond donors (Lipinski definition) is 1. The fraction of sp³-hybridized carbons (Fsp3) is 0.190. The third kappa shape index (κ3) is 2.92. The largest absolute Gasteiger partial charge is 0.300 e. The number of hydrogen-bond acceptors (Lipinski definition) is 5. The van der Waals surface area contributed by atoms with Crippen LogP contribution in [0.1, 0.15) is 35.1 Å². The third-order valence-electron chi connectivity index (χ3n) is 5.21. The van der Waals surface area contributed by atoms with E-state index in [1.54, 1.807) is 17.6 Å². The lowest BCUT2D eigenvalue weighted by atomic mass is 9.73. The smallest absolute Gasteiger partial charge is 0.233 e. The highest BCUT2D eigenvalue weighted by molar-refractivity contribution is 7.13. The molecule has 0 aliphatic heterocycles. The van der Waals surface area contributed by atoms with Crippen molar-refractivity contribution in [2.45, 2.75) is 19.3 Å². The summed E-state index contributed by atoms with van der Waals surface area (Å²) in [5.41, 5.74) is 4.73. The zero-order valence-electron chi connectivity index (χ0n) is 15.0. The average Bonchev–Trinajstić information content (AvgIpc) is 3.32. The molecule has 0 radical (unpaired) electrons. The van der Waals surface area contributed by atoms with Crippen LogP contribution in [-0.4, -0.2) is 16.1 Å². The molecule has 6 nitrogen and oxygen atoms in total. The number of anilines is 1. The summed E-state index contributed by atoms with van der Waals surface area (Å²) in [5, 5.41) is 20.3. The summed E-state index contributed by atoms with van der Waals surface area (Å²) < 4.78 is 0. The van der Waals surface area contributed by atoms with E-state index >= 15 is 0 Å². The number of nitrogens with one attached hydrogen (secondary N) is 1. The molecule has 0 saturated carbocycles. The Morgan fingerprint density at radius 2 is 2.25 bits per heavy atom. The first-order chi connectivity index (χ1) is 13.5. The molecule has 4 rings (SSSR count). The second kappa shape index (κ2) is 6.88. The zero-order valence-corrected chi connectivity index (χ0v) is 15.8. The van der Waals surface area contributed by atoms with Crippen LogP contribution < -0.4 is 5.32 Å². The molecule has 0 saturated heterocycles. The second-order valence-electron chi connectivity index (χ2n) is 6.96. The van der Waals surface area contributed by atoms with Crippen molar-refractivity contribution in [1.82, 2.24) is 10.2 Å². The van der Waals surface area contributed by atoms with Crippen molar-refractivity contribution in [2.75, 3.05) is 5.32 Å². The van der Waals surface area contributed by atoms with Gasteiger partial charge in [0, 0.05) is 5.92 Å². The van der Waals surface area contributed by atoms with Gasteiger partial charge in [0.2, 0.25) is 11.0 Å². The van der Waals surface area contributed by atoms with Crippen molar-refractivity contribution in [3.63, 3.8) is 0 Å². The molecule has 1 amide bonds. The summed E-state index contributed by atoms with van der Waals surface area (Å²) in [7, 11) is 0. The molecule has 1 N–H and O–H groups in total. The number of aromatic nitrogens is 2. The van der Waals surface area contributed by atoms with Gasteiger partial charge in [-0.15, -0.1) is 10.2 Å². The summed E-state index contributed by atoms with van der Waals surface area (Å²) in [5.74, 6) is -0.428. The Hall–Kier alpha value is -3.55. The summed E-state index contributed by atoms with van der Waals surface area (Å²) in [6.07, 6.45) is 0.533. The highest BCUT2D eigenvalue weighted by Crippen LogP contribution is 2.52. The lowest BCUT2D eigenvalue weighted by molar-refractivity contribution is -0.125. The van der Waals surface area contributed by atoms with Gasteiger partial charge in [0.05, 0.1) is 23.6 Å². The van der Waals surface area contributed by atoms with E-state index in [1.165, 1.54) is 11.3 Å². The first-order valence-electron chi connectivity index (χ1n) is 8.63. The van der Waals surface area contributed by atoms with E-state index in [2.05, 4.69) is 26.4 Å². The predicted octanol–water partition coefficient (Wildman–Crippen LogP) is 4.29. The molecule has 0 fully saturated rings. The second-order valence-corrected chi connectivity index (χ2v) is 7.79. The quantitative estimate of drug-likeness (QED) is 0.682. The Labute approximate surface area is 166 Å². The number of rotatable bonds is 3. The van der Waals surface area contributed by atoms with Crippen LogP contribution in [0.25, 0.3) is 4.85 Å². The molecule has 2 aromatic carbocycles. The van der Waals surface area contributed by atoms with Crippen molar-refractivity contribution < 1.29 is 4.79 Å². The van der Waals surface area contributed by atoms with E-state index in [9.17, 15) is 10.1 Å². The number of carbonyl (C=O) groups is 1. The van der Waals surface area contributed by atoms with E-state index in [1.807, 2.05) is 37.3 Å². The number of nitrogens with zero attached hydrogens (tertiary/aromatic N) is 4. The van der Waals surface area contributed by atoms with Gasteiger partial charge in [-0.1, -0.05) is 41.7 Å². The van der Waals surface area contributed by atoms with Crippen LogP contribution >= 0.6 is 11.3 Å². The van der Waals surface area contributed by atoms with Crippen molar-refractivity contribution in [1.29, 1.82) is 5.26 Å². The predicted molar refractivity (Wildman–Crippen MR) is 106 cm³/mol. The maximum absolute atomic E-state index is 13.3. The van der Waals surface area contributed by atoms with Gasteiger partial charge in [-0.2, -0.15) is 5.26 Å². The van der Waals surface area contributed by atoms with Crippen molar-refractivity contribution >= 4 is 28.1 Å². The number of nitriles is 1. The SMILES string of the molecule is [C-]#[N+]c1cccc([C@H]2c3cc(C#N)ccc3C[C@@]2(C)C(=O)Nc2nncs2)c1. The molecule has 1 aliphatic rings. The van der Waals surface area contributed by atoms with Gasteiger partial charge in [0.1, 0.15) is 5.51 Å². The van der Waals surface area contributed by atoms with E-state index in [0.717, 1.165) is 16.7 Å². The normalized spacial score (nSPS) is 20.0. The van der Waals surface area contributed by atoms with Crippen LogP contribution in [-0.2, 0) is 11.2 Å². The van der Waals surface area contributed by atoms with Gasteiger partial charge < -0.3 is 5.32 Å². The minimum Gasteiger partial charge on any atom is -0.300 e. The number of fused-ring (bicyclic) bond motifs is 1. The Balaban J connectivity index is 1.84. The molecule has 0 spiro atoms. The van der Waals surface area contributed by atoms with Crippen LogP contribution in [0, 0.1) is 23.3 Å². The standard InChI is InChI=1S/C21H15N5OS/c1-21(19(27)25-20-26-24-12-28-20)10-15-7-6-13(11-22)8-17(15)18(21)14-4-3-5-16(9-14)23-2/h3-9,12,18H,10H2,1H3,(H,25,26,27)/t18-,21+/m0/s1. The Bertz CT molecular complexity index is 1140. The first-order valence-corrected chi connectivity index (χ1v) is 9.51. The summed E-state index contributed by atoms with van der Waals surface area (Å²) in [6, 6.07) is 15.1. The minimum atomic E-state index is -0.789. The molecule has 2 atom stereocenters. The van der Waals surface area contributed by atoms with Gasteiger partial charge in [-0.25, -0.2) is 4.85 Å². The van der Waals surface area contributed by atoms with Crippen molar-refractivity contribution in [2.24, 2.45) is 5.41 Å². The van der Waals surface area contributed by atoms with Gasteiger partial charge in [0.25, 0.3) is 0 Å². The molecule has 0 bridgehead atoms. The molecule has 7 heteroatoms. The molecular formula is C21H15N5OS. The number of carbonyl (C=O) groups excluding carboxylic acids is 1. The van der Waals surface area contributed by atoms with Crippen LogP contribution in [0.4, 0.5) is 10.8 Å². The maximum Gasteiger partial charge on any atom is 0.233 e. The molecule has 0 unspecified atom stereocenters. The number of amides is 1. The Kier molecular flexibility index (Phi) is 4.38. The summed E-state index contributed by atoms with van der Waals surface area (Å²) in [6.45, 7) is 9.24. The first kappa shape index (κ1) is 17.8. The maximum atomic E-state index is 13.3. The third-order valence-corrected chi connectivity index (χ3v) is 5.82. The fourth-order valence-corrected chi connectivity index (χ4v) is 4.38. The lowest BCUT2D eigenvalue weighted by Crippen LogP contribution is -2.37.